The van der Waals surface area contributed by atoms with Gasteiger partial charge < -0.3 is 17.2 Å². The third-order valence-electron chi connectivity index (χ3n) is 1.32. The quantitative estimate of drug-likeness (QED) is 0.375. The van der Waals surface area contributed by atoms with Gasteiger partial charge in [-0.25, -0.2) is 4.99 Å². The fourth-order valence-electron chi connectivity index (χ4n) is 0.787. The molecule has 1 aromatic heterocycles. The van der Waals surface area contributed by atoms with Crippen molar-refractivity contribution < 1.29 is 0 Å². The second-order valence-corrected chi connectivity index (χ2v) is 2.44. The average Bonchev–Trinajstić information content (AvgIpc) is 2.55. The molecule has 14 heavy (non-hydrogen) atoms. The van der Waals surface area contributed by atoms with E-state index in [9.17, 15) is 0 Å². The van der Waals surface area contributed by atoms with Crippen molar-refractivity contribution >= 4 is 11.9 Å². The van der Waals surface area contributed by atoms with Crippen LogP contribution in [0.25, 0.3) is 0 Å². The molecule has 8 nitrogen and oxygen atoms in total. The van der Waals surface area contributed by atoms with Gasteiger partial charge >= 0.3 is 0 Å². The molecule has 1 aromatic rings. The molecular weight excluding hydrogens is 184 g/mol. The Labute approximate surface area is 80.5 Å². The van der Waals surface area contributed by atoms with Crippen LogP contribution in [-0.2, 0) is 6.54 Å². The van der Waals surface area contributed by atoms with Crippen molar-refractivity contribution in [3.8, 4) is 0 Å². The molecule has 0 bridgehead atoms. The van der Waals surface area contributed by atoms with Crippen LogP contribution in [0, 0.1) is 0 Å². The van der Waals surface area contributed by atoms with E-state index in [0.29, 0.717) is 13.1 Å². The molecule has 6 N–H and O–H groups in total. The Bertz CT molecular complexity index is 320. The van der Waals surface area contributed by atoms with Crippen molar-refractivity contribution in [2.24, 2.45) is 27.2 Å². The van der Waals surface area contributed by atoms with Crippen molar-refractivity contribution in [2.45, 2.75) is 6.54 Å². The first-order valence-corrected chi connectivity index (χ1v) is 3.92. The lowest BCUT2D eigenvalue weighted by atomic mass is 10.6. The monoisotopic (exact) mass is 196 g/mol. The van der Waals surface area contributed by atoms with E-state index in [1.54, 1.807) is 17.1 Å². The average molecular weight is 196 g/mol. The topological polar surface area (TPSA) is 133 Å². The van der Waals surface area contributed by atoms with Gasteiger partial charge in [0.05, 0.1) is 19.3 Å². The molecule has 0 fully saturated rings. The number of aromatic nitrogens is 3. The first-order valence-electron chi connectivity index (χ1n) is 3.92. The number of guanidine groups is 2. The van der Waals surface area contributed by atoms with Crippen LogP contribution in [0.3, 0.4) is 0 Å². The molecule has 1 heterocycles. The molecule has 76 valence electrons. The standard InChI is InChI=1S/C6H12N8/c7-5(8)12-6(9)10-1-3-14-4-2-11-13-14/h2,4H,1,3H2,(H6,7,8,9,10,12). The first kappa shape index (κ1) is 9.96. The molecule has 0 aliphatic heterocycles. The summed E-state index contributed by atoms with van der Waals surface area (Å²) in [5.74, 6) is -0.0443. The van der Waals surface area contributed by atoms with Crippen LogP contribution in [-0.4, -0.2) is 33.5 Å². The van der Waals surface area contributed by atoms with Gasteiger partial charge in [0.25, 0.3) is 0 Å². The maximum atomic E-state index is 5.37. The zero-order valence-corrected chi connectivity index (χ0v) is 7.54. The highest BCUT2D eigenvalue weighted by atomic mass is 15.4. The van der Waals surface area contributed by atoms with Crippen LogP contribution in [0.5, 0.6) is 0 Å². The van der Waals surface area contributed by atoms with Crippen LogP contribution in [0.15, 0.2) is 22.4 Å². The van der Waals surface area contributed by atoms with E-state index >= 15 is 0 Å². The fraction of sp³-hybridized carbons (Fsp3) is 0.333. The second kappa shape index (κ2) is 4.80. The third kappa shape index (κ3) is 3.52. The minimum atomic E-state index is -0.105. The zero-order valence-electron chi connectivity index (χ0n) is 7.54. The number of rotatable bonds is 3. The summed E-state index contributed by atoms with van der Waals surface area (Å²) in [5, 5.41) is 7.38. The van der Waals surface area contributed by atoms with Gasteiger partial charge in [-0.3, -0.25) is 4.68 Å². The lowest BCUT2D eigenvalue weighted by Crippen LogP contribution is -2.26. The van der Waals surface area contributed by atoms with Gasteiger partial charge in [-0.05, 0) is 0 Å². The second-order valence-electron chi connectivity index (χ2n) is 2.44. The Balaban J connectivity index is 2.37. The summed E-state index contributed by atoms with van der Waals surface area (Å²) in [6, 6.07) is 0. The molecule has 1 rings (SSSR count). The SMILES string of the molecule is NC(N)=NC(N)=NCCn1ccnn1. The Morgan fingerprint density at radius 1 is 1.36 bits per heavy atom. The van der Waals surface area contributed by atoms with E-state index in [4.69, 9.17) is 17.2 Å². The van der Waals surface area contributed by atoms with Crippen molar-refractivity contribution in [1.29, 1.82) is 0 Å². The largest absolute Gasteiger partial charge is 0.370 e. The van der Waals surface area contributed by atoms with E-state index in [2.05, 4.69) is 20.3 Å². The predicted molar refractivity (Wildman–Crippen MR) is 52.3 cm³/mol. The Kier molecular flexibility index (Phi) is 3.41. The lowest BCUT2D eigenvalue weighted by molar-refractivity contribution is 0.598. The van der Waals surface area contributed by atoms with Gasteiger partial charge in [0, 0.05) is 6.20 Å². The number of nitrogens with two attached hydrogens (primary N) is 3. The molecule has 0 spiro atoms. The summed E-state index contributed by atoms with van der Waals surface area (Å²) >= 11 is 0. The Morgan fingerprint density at radius 2 is 2.14 bits per heavy atom. The summed E-state index contributed by atoms with van der Waals surface area (Å²) in [4.78, 5) is 7.45. The zero-order chi connectivity index (χ0) is 10.4. The summed E-state index contributed by atoms with van der Waals surface area (Å²) < 4.78 is 1.63. The summed E-state index contributed by atoms with van der Waals surface area (Å²) in [7, 11) is 0. The number of aliphatic imine (C=N–C) groups is 2. The van der Waals surface area contributed by atoms with Gasteiger partial charge in [-0.2, -0.15) is 4.99 Å². The maximum Gasteiger partial charge on any atom is 0.218 e. The minimum Gasteiger partial charge on any atom is -0.370 e. The lowest BCUT2D eigenvalue weighted by Gasteiger charge is -1.96. The van der Waals surface area contributed by atoms with E-state index < -0.39 is 0 Å². The fourth-order valence-corrected chi connectivity index (χ4v) is 0.787. The van der Waals surface area contributed by atoms with Crippen LogP contribution >= 0.6 is 0 Å². The van der Waals surface area contributed by atoms with Crippen LogP contribution in [0.4, 0.5) is 0 Å². The highest BCUT2D eigenvalue weighted by Crippen LogP contribution is 1.82. The van der Waals surface area contributed by atoms with Gasteiger partial charge in [0.2, 0.25) is 5.96 Å². The normalized spacial score (nSPS) is 11.3. The van der Waals surface area contributed by atoms with Crippen LogP contribution in [0.2, 0.25) is 0 Å². The molecule has 0 amide bonds. The Hall–Kier alpha value is -2.12. The number of hydrogen-bond acceptors (Lipinski definition) is 3. The summed E-state index contributed by atoms with van der Waals surface area (Å²) in [5.41, 5.74) is 15.6. The number of nitrogens with zero attached hydrogens (tertiary/aromatic N) is 5. The third-order valence-corrected chi connectivity index (χ3v) is 1.32. The highest BCUT2D eigenvalue weighted by Gasteiger charge is 1.91. The summed E-state index contributed by atoms with van der Waals surface area (Å²) in [6.07, 6.45) is 3.31. The van der Waals surface area contributed by atoms with Gasteiger partial charge in [-0.15, -0.1) is 5.10 Å². The first-order chi connectivity index (χ1) is 6.68. The molecule has 0 atom stereocenters. The van der Waals surface area contributed by atoms with E-state index in [1.165, 1.54) is 0 Å². The van der Waals surface area contributed by atoms with Gasteiger partial charge in [0.15, 0.2) is 5.96 Å². The summed E-state index contributed by atoms with van der Waals surface area (Å²) in [6.45, 7) is 1.03. The van der Waals surface area contributed by atoms with E-state index in [1.807, 2.05) is 0 Å². The van der Waals surface area contributed by atoms with Crippen LogP contribution < -0.4 is 17.2 Å². The van der Waals surface area contributed by atoms with E-state index in [0.717, 1.165) is 0 Å². The Morgan fingerprint density at radius 3 is 2.71 bits per heavy atom. The molecule has 0 aromatic carbocycles. The molecule has 0 saturated heterocycles. The van der Waals surface area contributed by atoms with Crippen LogP contribution in [0.1, 0.15) is 0 Å². The maximum absolute atomic E-state index is 5.37. The van der Waals surface area contributed by atoms with Crippen molar-refractivity contribution in [1.82, 2.24) is 15.0 Å². The van der Waals surface area contributed by atoms with Crippen molar-refractivity contribution in [2.75, 3.05) is 6.54 Å². The van der Waals surface area contributed by atoms with Gasteiger partial charge in [0.1, 0.15) is 0 Å². The molecule has 8 heteroatoms. The smallest absolute Gasteiger partial charge is 0.218 e. The van der Waals surface area contributed by atoms with Crippen molar-refractivity contribution in [3.05, 3.63) is 12.4 Å². The molecule has 0 aliphatic carbocycles. The molecule has 0 radical (unpaired) electrons. The molecule has 0 aliphatic rings. The van der Waals surface area contributed by atoms with Crippen molar-refractivity contribution in [3.63, 3.8) is 0 Å². The van der Waals surface area contributed by atoms with Gasteiger partial charge in [-0.1, -0.05) is 5.21 Å². The number of hydrogen-bond donors (Lipinski definition) is 3. The minimum absolute atomic E-state index is 0.0603. The molecule has 0 unspecified atom stereocenters. The molecular formula is C6H12N8. The molecule has 0 saturated carbocycles. The predicted octanol–water partition coefficient (Wildman–Crippen LogP) is -2.13. The highest BCUT2D eigenvalue weighted by molar-refractivity contribution is 5.92. The van der Waals surface area contributed by atoms with E-state index in [-0.39, 0.29) is 11.9 Å².